The van der Waals surface area contributed by atoms with Crippen molar-refractivity contribution >= 4 is 39.9 Å². The Morgan fingerprint density at radius 3 is 1.93 bits per heavy atom. The molecule has 3 heteroatoms. The smallest absolute Gasteiger partial charge is 0.127 e. The third-order valence-corrected chi connectivity index (χ3v) is 3.87. The summed E-state index contributed by atoms with van der Waals surface area (Å²) in [5.74, 6) is 3.27. The number of rotatable bonds is 0. The summed E-state index contributed by atoms with van der Waals surface area (Å²) in [5, 5.41) is 0. The Labute approximate surface area is 110 Å². The molecule has 0 aromatic heterocycles. The van der Waals surface area contributed by atoms with Gasteiger partial charge in [-0.25, -0.2) is 0 Å². The molecule has 0 bridgehead atoms. The number of benzene rings is 1. The molecule has 0 atom stereocenters. The standard InChI is InChI=1S/C12H14Br2Si/c1-9-7-11(13)10(12(14)8-9)5-6-15(2,3)4/h7-8H,1-4H3. The molecule has 0 amide bonds. The minimum atomic E-state index is -1.30. The van der Waals surface area contributed by atoms with Gasteiger partial charge >= 0.3 is 0 Å². The van der Waals surface area contributed by atoms with Crippen LogP contribution in [0.3, 0.4) is 0 Å². The molecule has 1 rings (SSSR count). The van der Waals surface area contributed by atoms with Crippen LogP contribution in [0.4, 0.5) is 0 Å². The first kappa shape index (κ1) is 13.0. The van der Waals surface area contributed by atoms with Crippen LogP contribution in [0.2, 0.25) is 19.6 Å². The fourth-order valence-corrected chi connectivity index (χ4v) is 3.18. The molecule has 0 heterocycles. The van der Waals surface area contributed by atoms with Crippen molar-refractivity contribution in [3.05, 3.63) is 32.2 Å². The lowest BCUT2D eigenvalue weighted by Gasteiger charge is -2.06. The van der Waals surface area contributed by atoms with Crippen LogP contribution in [0.5, 0.6) is 0 Å². The second kappa shape index (κ2) is 4.86. The number of hydrogen-bond donors (Lipinski definition) is 0. The topological polar surface area (TPSA) is 0 Å². The first-order valence-corrected chi connectivity index (χ1v) is 9.87. The average molecular weight is 346 g/mol. The van der Waals surface area contributed by atoms with Crippen LogP contribution in [0.1, 0.15) is 11.1 Å². The van der Waals surface area contributed by atoms with E-state index in [9.17, 15) is 0 Å². The SMILES string of the molecule is Cc1cc(Br)c(C#C[Si](C)(C)C)c(Br)c1. The summed E-state index contributed by atoms with van der Waals surface area (Å²) in [5.41, 5.74) is 5.66. The van der Waals surface area contributed by atoms with Crippen LogP contribution in [0, 0.1) is 18.4 Å². The van der Waals surface area contributed by atoms with Crippen LogP contribution >= 0.6 is 31.9 Å². The summed E-state index contributed by atoms with van der Waals surface area (Å²) in [6, 6.07) is 4.19. The van der Waals surface area contributed by atoms with Gasteiger partial charge in [-0.2, -0.15) is 0 Å². The molecule has 15 heavy (non-hydrogen) atoms. The monoisotopic (exact) mass is 344 g/mol. The number of hydrogen-bond acceptors (Lipinski definition) is 0. The molecule has 0 saturated carbocycles. The van der Waals surface area contributed by atoms with E-state index in [1.807, 2.05) is 0 Å². The van der Waals surface area contributed by atoms with E-state index in [2.05, 4.69) is 82.0 Å². The van der Waals surface area contributed by atoms with Gasteiger partial charge < -0.3 is 0 Å². The molecular formula is C12H14Br2Si. The fraction of sp³-hybridized carbons (Fsp3) is 0.333. The van der Waals surface area contributed by atoms with E-state index < -0.39 is 8.07 Å². The van der Waals surface area contributed by atoms with Crippen LogP contribution in [-0.4, -0.2) is 8.07 Å². The van der Waals surface area contributed by atoms with Gasteiger partial charge in [0.15, 0.2) is 0 Å². The number of halogens is 2. The molecule has 0 aliphatic heterocycles. The summed E-state index contributed by atoms with van der Waals surface area (Å²) in [4.78, 5) is 0. The van der Waals surface area contributed by atoms with Crippen molar-refractivity contribution in [1.29, 1.82) is 0 Å². The zero-order chi connectivity index (χ0) is 11.6. The number of aryl methyl sites for hydroxylation is 1. The van der Waals surface area contributed by atoms with Crippen LogP contribution < -0.4 is 0 Å². The Kier molecular flexibility index (Phi) is 4.22. The summed E-state index contributed by atoms with van der Waals surface area (Å²) >= 11 is 7.10. The predicted octanol–water partition coefficient (Wildman–Crippen LogP) is 4.75. The summed E-state index contributed by atoms with van der Waals surface area (Å²) in [6.45, 7) is 8.81. The molecule has 0 aliphatic carbocycles. The first-order chi connectivity index (χ1) is 6.79. The first-order valence-electron chi connectivity index (χ1n) is 4.78. The maximum absolute atomic E-state index is 3.55. The van der Waals surface area contributed by atoms with Gasteiger partial charge in [0.1, 0.15) is 8.07 Å². The van der Waals surface area contributed by atoms with Gasteiger partial charge in [-0.15, -0.1) is 5.54 Å². The van der Waals surface area contributed by atoms with Gasteiger partial charge in [-0.05, 0) is 56.5 Å². The summed E-state index contributed by atoms with van der Waals surface area (Å²) < 4.78 is 2.14. The van der Waals surface area contributed by atoms with Gasteiger partial charge in [-0.3, -0.25) is 0 Å². The molecule has 0 fully saturated rings. The van der Waals surface area contributed by atoms with E-state index >= 15 is 0 Å². The van der Waals surface area contributed by atoms with Crippen LogP contribution in [0.25, 0.3) is 0 Å². The third kappa shape index (κ3) is 4.14. The lowest BCUT2D eigenvalue weighted by molar-refractivity contribution is 1.41. The van der Waals surface area contributed by atoms with Gasteiger partial charge in [0.2, 0.25) is 0 Å². The van der Waals surface area contributed by atoms with Crippen molar-refractivity contribution in [2.45, 2.75) is 26.6 Å². The normalized spacial score (nSPS) is 10.8. The highest BCUT2D eigenvalue weighted by Crippen LogP contribution is 2.26. The van der Waals surface area contributed by atoms with Crippen molar-refractivity contribution in [3.63, 3.8) is 0 Å². The Balaban J connectivity index is 3.20. The highest BCUT2D eigenvalue weighted by molar-refractivity contribution is 9.11. The molecule has 1 aromatic rings. The average Bonchev–Trinajstić information content (AvgIpc) is 1.99. The van der Waals surface area contributed by atoms with Crippen LogP contribution in [-0.2, 0) is 0 Å². The lowest BCUT2D eigenvalue weighted by Crippen LogP contribution is -2.16. The molecule has 0 radical (unpaired) electrons. The van der Waals surface area contributed by atoms with E-state index in [-0.39, 0.29) is 0 Å². The molecule has 1 aromatic carbocycles. The molecule has 0 N–H and O–H groups in total. The minimum Gasteiger partial charge on any atom is -0.127 e. The van der Waals surface area contributed by atoms with E-state index in [0.717, 1.165) is 14.5 Å². The Morgan fingerprint density at radius 1 is 1.07 bits per heavy atom. The second-order valence-corrected chi connectivity index (χ2v) is 11.1. The molecule has 0 nitrogen and oxygen atoms in total. The van der Waals surface area contributed by atoms with E-state index in [1.54, 1.807) is 0 Å². The quantitative estimate of drug-likeness (QED) is 0.470. The molecule has 0 unspecified atom stereocenters. The Bertz CT molecular complexity index is 410. The fourth-order valence-electron chi connectivity index (χ4n) is 1.07. The van der Waals surface area contributed by atoms with Gasteiger partial charge in [0.05, 0.1) is 5.56 Å². The van der Waals surface area contributed by atoms with Crippen LogP contribution in [0.15, 0.2) is 21.1 Å². The zero-order valence-electron chi connectivity index (χ0n) is 9.41. The highest BCUT2D eigenvalue weighted by Gasteiger charge is 2.09. The van der Waals surface area contributed by atoms with Crippen molar-refractivity contribution in [1.82, 2.24) is 0 Å². The van der Waals surface area contributed by atoms with Crippen molar-refractivity contribution in [2.24, 2.45) is 0 Å². The summed E-state index contributed by atoms with van der Waals surface area (Å²) in [7, 11) is -1.30. The van der Waals surface area contributed by atoms with Crippen molar-refractivity contribution in [2.75, 3.05) is 0 Å². The predicted molar refractivity (Wildman–Crippen MR) is 76.8 cm³/mol. The molecule has 0 aliphatic rings. The molecular weight excluding hydrogens is 332 g/mol. The maximum atomic E-state index is 3.55. The maximum Gasteiger partial charge on any atom is 0.129 e. The molecule has 0 saturated heterocycles. The lowest BCUT2D eigenvalue weighted by atomic mass is 10.2. The summed E-state index contributed by atoms with van der Waals surface area (Å²) in [6.07, 6.45) is 0. The van der Waals surface area contributed by atoms with Gasteiger partial charge in [-0.1, -0.05) is 25.6 Å². The Hall–Kier alpha value is -0.0431. The van der Waals surface area contributed by atoms with Crippen molar-refractivity contribution < 1.29 is 0 Å². The minimum absolute atomic E-state index is 1.06. The largest absolute Gasteiger partial charge is 0.129 e. The third-order valence-electron chi connectivity index (χ3n) is 1.75. The van der Waals surface area contributed by atoms with Gasteiger partial charge in [0, 0.05) is 8.95 Å². The molecule has 80 valence electrons. The zero-order valence-corrected chi connectivity index (χ0v) is 13.6. The van der Waals surface area contributed by atoms with E-state index in [4.69, 9.17) is 0 Å². The van der Waals surface area contributed by atoms with E-state index in [1.165, 1.54) is 5.56 Å². The van der Waals surface area contributed by atoms with Crippen molar-refractivity contribution in [3.8, 4) is 11.5 Å². The Morgan fingerprint density at radius 2 is 1.53 bits per heavy atom. The van der Waals surface area contributed by atoms with E-state index in [0.29, 0.717) is 0 Å². The molecule has 0 spiro atoms. The second-order valence-electron chi connectivity index (χ2n) is 4.60. The highest BCUT2D eigenvalue weighted by atomic mass is 79.9. The van der Waals surface area contributed by atoms with Gasteiger partial charge in [0.25, 0.3) is 0 Å².